The predicted molar refractivity (Wildman–Crippen MR) is 145 cm³/mol. The van der Waals surface area contributed by atoms with Crippen molar-refractivity contribution in [2.24, 2.45) is 11.8 Å². The molecule has 0 spiro atoms. The second-order valence-electron chi connectivity index (χ2n) is 11.4. The van der Waals surface area contributed by atoms with Gasteiger partial charge < -0.3 is 24.4 Å². The van der Waals surface area contributed by atoms with Gasteiger partial charge >= 0.3 is 12.1 Å². The van der Waals surface area contributed by atoms with E-state index in [-0.39, 0.29) is 25.0 Å². The van der Waals surface area contributed by atoms with Crippen molar-refractivity contribution in [1.29, 1.82) is 0 Å². The second-order valence-corrected chi connectivity index (χ2v) is 11.4. The fraction of sp³-hybridized carbons (Fsp3) is 0.500. The Morgan fingerprint density at radius 1 is 1.10 bits per heavy atom. The maximum atomic E-state index is 13.2. The summed E-state index contributed by atoms with van der Waals surface area (Å²) in [6.07, 6.45) is 3.70. The molecule has 0 saturated heterocycles. The van der Waals surface area contributed by atoms with Crippen molar-refractivity contribution in [2.75, 3.05) is 6.79 Å². The summed E-state index contributed by atoms with van der Waals surface area (Å²) in [6.45, 7) is 5.04. The molecular weight excluding hydrogens is 534 g/mol. The molecule has 2 aliphatic carbocycles. The van der Waals surface area contributed by atoms with Crippen molar-refractivity contribution >= 4 is 28.8 Å². The molecule has 2 fully saturated rings. The van der Waals surface area contributed by atoms with E-state index in [0.717, 1.165) is 36.1 Å². The number of alkyl carbamates (subject to hydrolysis) is 1. The van der Waals surface area contributed by atoms with Crippen molar-refractivity contribution in [3.05, 3.63) is 58.1 Å². The van der Waals surface area contributed by atoms with Gasteiger partial charge in [0.25, 0.3) is 12.5 Å². The highest BCUT2D eigenvalue weighted by Crippen LogP contribution is 2.46. The van der Waals surface area contributed by atoms with Gasteiger partial charge in [-0.2, -0.15) is 0 Å². The molecule has 1 aromatic heterocycles. The number of non-ortho nitro benzene ring substituents is 1. The van der Waals surface area contributed by atoms with Gasteiger partial charge in [-0.05, 0) is 87.3 Å². The van der Waals surface area contributed by atoms with Crippen LogP contribution in [-0.4, -0.2) is 56.7 Å². The molecule has 13 nitrogen and oxygen atoms in total. The summed E-state index contributed by atoms with van der Waals surface area (Å²) in [6, 6.07) is 10.2. The lowest BCUT2D eigenvalue weighted by Crippen LogP contribution is -2.46. The zero-order valence-corrected chi connectivity index (χ0v) is 23.1. The van der Waals surface area contributed by atoms with E-state index in [1.54, 1.807) is 45.0 Å². The Labute approximate surface area is 236 Å². The summed E-state index contributed by atoms with van der Waals surface area (Å²) in [5.74, 6) is 0.843. The number of aromatic nitrogens is 3. The molecule has 1 heterocycles. The average Bonchev–Trinajstić information content (AvgIpc) is 3.85. The number of carbonyl (C=O) groups excluding carboxylic acids is 2. The van der Waals surface area contributed by atoms with Crippen LogP contribution in [0.5, 0.6) is 5.75 Å². The highest BCUT2D eigenvalue weighted by atomic mass is 16.8. The molecule has 2 aromatic carbocycles. The van der Waals surface area contributed by atoms with Gasteiger partial charge in [0.1, 0.15) is 34.5 Å². The normalized spacial score (nSPS) is 15.8. The minimum absolute atomic E-state index is 0.0885. The van der Waals surface area contributed by atoms with Crippen LogP contribution in [0, 0.1) is 22.0 Å². The largest absolute Gasteiger partial charge is 0.460 e. The Morgan fingerprint density at radius 2 is 1.78 bits per heavy atom. The van der Waals surface area contributed by atoms with Gasteiger partial charge in [-0.3, -0.25) is 10.1 Å². The van der Waals surface area contributed by atoms with Crippen molar-refractivity contribution in [1.82, 2.24) is 20.5 Å². The Balaban J connectivity index is 1.19. The Bertz CT molecular complexity index is 1400. The Hall–Kier alpha value is -4.42. The maximum absolute atomic E-state index is 13.2. The number of nitrogens with zero attached hydrogens (tertiary/aromatic N) is 4. The molecule has 1 amide bonds. The molecule has 0 aliphatic heterocycles. The lowest BCUT2D eigenvalue weighted by Gasteiger charge is -2.25. The van der Waals surface area contributed by atoms with Crippen LogP contribution in [0.25, 0.3) is 11.0 Å². The molecular formula is C28H33N5O8. The molecule has 2 saturated carbocycles. The molecule has 218 valence electrons. The standard InChI is InChI=1S/C28H33N5O8/c1-28(2,3)41-27(35)29-23(26(34)40-25(18-6-7-18)19-8-9-19)14-17-4-11-21(12-5-17)38-16-39-32-24-15-20(33(36)37)10-13-22(24)30-31-32/h4-5,10-13,15,18-19,23,25H,6-9,14,16H2,1-3H3,(H,29,35)/t23-/m1/s1. The van der Waals surface area contributed by atoms with Crippen LogP contribution in [0.4, 0.5) is 10.5 Å². The zero-order chi connectivity index (χ0) is 29.1. The SMILES string of the molecule is CC(C)(C)OC(=O)N[C@H](Cc1ccc(OCOn2nnc3ccc([N+](=O)[O-])cc32)cc1)C(=O)OC(C1CC1)C1CC1. The summed E-state index contributed by atoms with van der Waals surface area (Å²) >= 11 is 0. The zero-order valence-electron chi connectivity index (χ0n) is 23.1. The third-order valence-electron chi connectivity index (χ3n) is 6.77. The number of hydrogen-bond donors (Lipinski definition) is 1. The lowest BCUT2D eigenvalue weighted by atomic mass is 10.1. The summed E-state index contributed by atoms with van der Waals surface area (Å²) in [5.41, 5.74) is 0.727. The second kappa shape index (κ2) is 11.6. The van der Waals surface area contributed by atoms with Crippen LogP contribution >= 0.6 is 0 Å². The lowest BCUT2D eigenvalue weighted by molar-refractivity contribution is -0.384. The molecule has 1 N–H and O–H groups in total. The van der Waals surface area contributed by atoms with E-state index in [0.29, 0.717) is 28.6 Å². The molecule has 13 heteroatoms. The first-order valence-electron chi connectivity index (χ1n) is 13.6. The number of amides is 1. The van der Waals surface area contributed by atoms with Crippen LogP contribution < -0.4 is 14.9 Å². The summed E-state index contributed by atoms with van der Waals surface area (Å²) in [5, 5.41) is 21.5. The number of ether oxygens (including phenoxy) is 3. The number of nitrogens with one attached hydrogen (secondary N) is 1. The van der Waals surface area contributed by atoms with Gasteiger partial charge in [0, 0.05) is 18.6 Å². The molecule has 3 aromatic rings. The van der Waals surface area contributed by atoms with Gasteiger partial charge in [-0.15, -0.1) is 5.10 Å². The van der Waals surface area contributed by atoms with Gasteiger partial charge in [-0.25, -0.2) is 9.59 Å². The molecule has 1 atom stereocenters. The number of nitro benzene ring substituents is 1. The smallest absolute Gasteiger partial charge is 0.408 e. The van der Waals surface area contributed by atoms with Gasteiger partial charge in [0.05, 0.1) is 4.92 Å². The molecule has 0 radical (unpaired) electrons. The highest BCUT2D eigenvalue weighted by Gasteiger charge is 2.45. The third kappa shape index (κ3) is 7.62. The topological polar surface area (TPSA) is 157 Å². The number of hydrogen-bond acceptors (Lipinski definition) is 10. The van der Waals surface area contributed by atoms with Gasteiger partial charge in [-0.1, -0.05) is 17.0 Å². The van der Waals surface area contributed by atoms with Crippen LogP contribution in [0.2, 0.25) is 0 Å². The van der Waals surface area contributed by atoms with Crippen molar-refractivity contribution in [3.8, 4) is 5.75 Å². The molecule has 0 bridgehead atoms. The fourth-order valence-corrected chi connectivity index (χ4v) is 4.48. The number of nitro groups is 1. The van der Waals surface area contributed by atoms with E-state index in [2.05, 4.69) is 15.6 Å². The first-order chi connectivity index (χ1) is 19.6. The number of rotatable bonds is 12. The number of carbonyl (C=O) groups is 2. The van der Waals surface area contributed by atoms with Crippen LogP contribution in [0.15, 0.2) is 42.5 Å². The minimum Gasteiger partial charge on any atom is -0.460 e. The van der Waals surface area contributed by atoms with Gasteiger partial charge in [0.15, 0.2) is 0 Å². The van der Waals surface area contributed by atoms with E-state index in [1.807, 2.05) is 0 Å². The number of fused-ring (bicyclic) bond motifs is 1. The van der Waals surface area contributed by atoms with Crippen molar-refractivity contribution in [2.45, 2.75) is 70.6 Å². The fourth-order valence-electron chi connectivity index (χ4n) is 4.48. The van der Waals surface area contributed by atoms with E-state index < -0.39 is 28.6 Å². The monoisotopic (exact) mass is 567 g/mol. The van der Waals surface area contributed by atoms with E-state index in [9.17, 15) is 19.7 Å². The summed E-state index contributed by atoms with van der Waals surface area (Å²) in [4.78, 5) is 42.8. The van der Waals surface area contributed by atoms with Gasteiger partial charge in [0.2, 0.25) is 0 Å². The summed E-state index contributed by atoms with van der Waals surface area (Å²) in [7, 11) is 0. The van der Waals surface area contributed by atoms with E-state index in [1.165, 1.54) is 18.2 Å². The molecule has 0 unspecified atom stereocenters. The van der Waals surface area contributed by atoms with Crippen molar-refractivity contribution in [3.63, 3.8) is 0 Å². The molecule has 2 aliphatic rings. The minimum atomic E-state index is -0.912. The van der Waals surface area contributed by atoms with E-state index in [4.69, 9.17) is 19.0 Å². The quantitative estimate of drug-likeness (QED) is 0.147. The van der Waals surface area contributed by atoms with Crippen LogP contribution in [-0.2, 0) is 20.7 Å². The number of esters is 1. The maximum Gasteiger partial charge on any atom is 0.408 e. The Morgan fingerprint density at radius 3 is 2.39 bits per heavy atom. The number of benzene rings is 2. The highest BCUT2D eigenvalue weighted by molar-refractivity contribution is 5.82. The van der Waals surface area contributed by atoms with Crippen LogP contribution in [0.3, 0.4) is 0 Å². The van der Waals surface area contributed by atoms with E-state index >= 15 is 0 Å². The van der Waals surface area contributed by atoms with Crippen molar-refractivity contribution < 1.29 is 33.6 Å². The Kier molecular flexibility index (Phi) is 7.95. The molecule has 41 heavy (non-hydrogen) atoms. The van der Waals surface area contributed by atoms with Crippen LogP contribution in [0.1, 0.15) is 52.0 Å². The molecule has 5 rings (SSSR count). The third-order valence-corrected chi connectivity index (χ3v) is 6.77. The summed E-state index contributed by atoms with van der Waals surface area (Å²) < 4.78 is 16.9. The average molecular weight is 568 g/mol. The first kappa shape index (κ1) is 28.1. The predicted octanol–water partition coefficient (Wildman–Crippen LogP) is 3.97. The first-order valence-corrected chi connectivity index (χ1v) is 13.6.